The number of likely N-dealkylation sites (N-methyl/N-ethyl adjacent to an activating group) is 1. The summed E-state index contributed by atoms with van der Waals surface area (Å²) in [6, 6.07) is 9.69. The Morgan fingerprint density at radius 2 is 1.82 bits per heavy atom. The molecule has 1 heterocycles. The molecular weight excluding hydrogens is 374 g/mol. The second kappa shape index (κ2) is 11.6. The lowest BCUT2D eigenvalue weighted by Crippen LogP contribution is -2.43. The minimum atomic E-state index is -0.0599. The lowest BCUT2D eigenvalue weighted by Gasteiger charge is -2.26. The van der Waals surface area contributed by atoms with E-state index in [0.29, 0.717) is 31.1 Å². The molecule has 0 aliphatic carbocycles. The first-order valence-corrected chi connectivity index (χ1v) is 10.5. The SMILES string of the molecule is CCN(CC)CCN(Cc1cccs1)C(=O)NCc1ccc(OC)c(OC)c1. The smallest absolute Gasteiger partial charge is 0.318 e. The van der Waals surface area contributed by atoms with Crippen LogP contribution in [-0.2, 0) is 13.1 Å². The van der Waals surface area contributed by atoms with Crippen LogP contribution in [-0.4, -0.2) is 56.2 Å². The van der Waals surface area contributed by atoms with Crippen LogP contribution in [0.1, 0.15) is 24.3 Å². The Morgan fingerprint density at radius 3 is 2.43 bits per heavy atom. The van der Waals surface area contributed by atoms with Gasteiger partial charge in [0.2, 0.25) is 0 Å². The normalized spacial score (nSPS) is 10.8. The molecule has 2 rings (SSSR count). The Hall–Kier alpha value is -2.25. The highest BCUT2D eigenvalue weighted by atomic mass is 32.1. The Labute approximate surface area is 172 Å². The largest absolute Gasteiger partial charge is 0.493 e. The fourth-order valence-electron chi connectivity index (χ4n) is 2.93. The van der Waals surface area contributed by atoms with Gasteiger partial charge in [-0.15, -0.1) is 11.3 Å². The lowest BCUT2D eigenvalue weighted by atomic mass is 10.2. The van der Waals surface area contributed by atoms with Crippen LogP contribution in [0.2, 0.25) is 0 Å². The van der Waals surface area contributed by atoms with Crippen molar-refractivity contribution in [2.75, 3.05) is 40.4 Å². The minimum Gasteiger partial charge on any atom is -0.493 e. The van der Waals surface area contributed by atoms with E-state index in [4.69, 9.17) is 9.47 Å². The number of ether oxygens (including phenoxy) is 2. The van der Waals surface area contributed by atoms with Crippen molar-refractivity contribution in [3.63, 3.8) is 0 Å². The third kappa shape index (κ3) is 6.42. The monoisotopic (exact) mass is 405 g/mol. The molecule has 2 amide bonds. The summed E-state index contributed by atoms with van der Waals surface area (Å²) in [6.45, 7) is 8.86. The second-order valence-corrected chi connectivity index (χ2v) is 7.41. The van der Waals surface area contributed by atoms with Crippen molar-refractivity contribution in [2.24, 2.45) is 0 Å². The molecule has 154 valence electrons. The van der Waals surface area contributed by atoms with Gasteiger partial charge in [-0.2, -0.15) is 0 Å². The molecule has 0 saturated heterocycles. The predicted octanol–water partition coefficient (Wildman–Crippen LogP) is 3.82. The van der Waals surface area contributed by atoms with Crippen LogP contribution < -0.4 is 14.8 Å². The molecule has 28 heavy (non-hydrogen) atoms. The standard InChI is InChI=1S/C21H31N3O3S/c1-5-23(6-2)11-12-24(16-18-8-7-13-28-18)21(25)22-15-17-9-10-19(26-3)20(14-17)27-4/h7-10,13-14H,5-6,11-12,15-16H2,1-4H3,(H,22,25). The van der Waals surface area contributed by atoms with Gasteiger partial charge in [-0.25, -0.2) is 4.79 Å². The lowest BCUT2D eigenvalue weighted by molar-refractivity contribution is 0.182. The molecule has 2 aromatic rings. The maximum absolute atomic E-state index is 12.9. The summed E-state index contributed by atoms with van der Waals surface area (Å²) in [5.41, 5.74) is 0.964. The summed E-state index contributed by atoms with van der Waals surface area (Å²) < 4.78 is 10.6. The van der Waals surface area contributed by atoms with E-state index < -0.39 is 0 Å². The average Bonchev–Trinajstić information content (AvgIpc) is 3.24. The van der Waals surface area contributed by atoms with Crippen LogP contribution in [0.25, 0.3) is 0 Å². The zero-order valence-corrected chi connectivity index (χ0v) is 18.1. The molecule has 1 N–H and O–H groups in total. The van der Waals surface area contributed by atoms with Crippen molar-refractivity contribution in [3.05, 3.63) is 46.2 Å². The van der Waals surface area contributed by atoms with Crippen molar-refractivity contribution < 1.29 is 14.3 Å². The molecule has 0 aliphatic rings. The Bertz CT molecular complexity index is 718. The van der Waals surface area contributed by atoms with E-state index in [0.717, 1.165) is 25.2 Å². The third-order valence-electron chi connectivity index (χ3n) is 4.69. The van der Waals surface area contributed by atoms with Gasteiger partial charge in [-0.3, -0.25) is 0 Å². The van der Waals surface area contributed by atoms with E-state index in [1.807, 2.05) is 34.5 Å². The fraction of sp³-hybridized carbons (Fsp3) is 0.476. The highest BCUT2D eigenvalue weighted by molar-refractivity contribution is 7.09. The van der Waals surface area contributed by atoms with Gasteiger partial charge in [0.05, 0.1) is 20.8 Å². The number of amides is 2. The summed E-state index contributed by atoms with van der Waals surface area (Å²) in [7, 11) is 3.22. The van der Waals surface area contributed by atoms with Gasteiger partial charge in [0.15, 0.2) is 11.5 Å². The number of rotatable bonds is 11. The van der Waals surface area contributed by atoms with Gasteiger partial charge in [0, 0.05) is 24.5 Å². The number of nitrogens with one attached hydrogen (secondary N) is 1. The van der Waals surface area contributed by atoms with E-state index >= 15 is 0 Å². The Balaban J connectivity index is 2.00. The number of carbonyl (C=O) groups excluding carboxylic acids is 1. The van der Waals surface area contributed by atoms with Gasteiger partial charge >= 0.3 is 6.03 Å². The molecule has 0 aliphatic heterocycles. The number of benzene rings is 1. The quantitative estimate of drug-likeness (QED) is 0.618. The number of carbonyl (C=O) groups is 1. The highest BCUT2D eigenvalue weighted by Crippen LogP contribution is 2.27. The topological polar surface area (TPSA) is 54.0 Å². The molecule has 0 radical (unpaired) electrons. The van der Waals surface area contributed by atoms with Crippen molar-refractivity contribution in [1.29, 1.82) is 0 Å². The summed E-state index contributed by atoms with van der Waals surface area (Å²) in [4.78, 5) is 18.2. The number of nitrogens with zero attached hydrogens (tertiary/aromatic N) is 2. The molecule has 0 spiro atoms. The molecular formula is C21H31N3O3S. The zero-order chi connectivity index (χ0) is 20.4. The van der Waals surface area contributed by atoms with Gasteiger partial charge in [-0.05, 0) is 42.2 Å². The summed E-state index contributed by atoms with van der Waals surface area (Å²) in [6.07, 6.45) is 0. The van der Waals surface area contributed by atoms with Gasteiger partial charge in [-0.1, -0.05) is 26.0 Å². The molecule has 1 aromatic heterocycles. The van der Waals surface area contributed by atoms with Crippen LogP contribution in [0.3, 0.4) is 0 Å². The number of methoxy groups -OCH3 is 2. The van der Waals surface area contributed by atoms with Crippen molar-refractivity contribution in [1.82, 2.24) is 15.1 Å². The first kappa shape index (κ1) is 22.0. The number of hydrogen-bond donors (Lipinski definition) is 1. The Kier molecular flexibility index (Phi) is 9.10. The summed E-state index contributed by atoms with van der Waals surface area (Å²) >= 11 is 1.67. The van der Waals surface area contributed by atoms with Crippen LogP contribution >= 0.6 is 11.3 Å². The molecule has 0 atom stereocenters. The molecule has 1 aromatic carbocycles. The van der Waals surface area contributed by atoms with Crippen molar-refractivity contribution in [3.8, 4) is 11.5 Å². The minimum absolute atomic E-state index is 0.0599. The number of thiophene rings is 1. The van der Waals surface area contributed by atoms with Gasteiger partial charge < -0.3 is 24.6 Å². The molecule has 0 bridgehead atoms. The highest BCUT2D eigenvalue weighted by Gasteiger charge is 2.16. The Morgan fingerprint density at radius 1 is 1.07 bits per heavy atom. The maximum atomic E-state index is 12.9. The van der Waals surface area contributed by atoms with Gasteiger partial charge in [0.25, 0.3) is 0 Å². The average molecular weight is 406 g/mol. The molecule has 7 heteroatoms. The van der Waals surface area contributed by atoms with Crippen LogP contribution in [0.5, 0.6) is 11.5 Å². The zero-order valence-electron chi connectivity index (χ0n) is 17.2. The first-order chi connectivity index (χ1) is 13.6. The molecule has 0 unspecified atom stereocenters. The van der Waals surface area contributed by atoms with E-state index in [2.05, 4.69) is 30.1 Å². The van der Waals surface area contributed by atoms with Crippen LogP contribution in [0, 0.1) is 0 Å². The second-order valence-electron chi connectivity index (χ2n) is 6.38. The number of hydrogen-bond acceptors (Lipinski definition) is 5. The molecule has 0 saturated carbocycles. The van der Waals surface area contributed by atoms with Crippen LogP contribution in [0.15, 0.2) is 35.7 Å². The van der Waals surface area contributed by atoms with E-state index in [9.17, 15) is 4.79 Å². The van der Waals surface area contributed by atoms with Crippen LogP contribution in [0.4, 0.5) is 4.79 Å². The third-order valence-corrected chi connectivity index (χ3v) is 5.55. The van der Waals surface area contributed by atoms with Crippen molar-refractivity contribution >= 4 is 17.4 Å². The predicted molar refractivity (Wildman–Crippen MR) is 114 cm³/mol. The van der Waals surface area contributed by atoms with E-state index in [1.54, 1.807) is 25.6 Å². The van der Waals surface area contributed by atoms with Gasteiger partial charge in [0.1, 0.15) is 0 Å². The van der Waals surface area contributed by atoms with E-state index in [-0.39, 0.29) is 6.03 Å². The van der Waals surface area contributed by atoms with Crippen molar-refractivity contribution in [2.45, 2.75) is 26.9 Å². The first-order valence-electron chi connectivity index (χ1n) is 9.59. The van der Waals surface area contributed by atoms with E-state index in [1.165, 1.54) is 4.88 Å². The molecule has 6 nitrogen and oxygen atoms in total. The summed E-state index contributed by atoms with van der Waals surface area (Å²) in [5, 5.41) is 5.08. The molecule has 0 fully saturated rings. The number of urea groups is 1. The summed E-state index contributed by atoms with van der Waals surface area (Å²) in [5.74, 6) is 1.34. The maximum Gasteiger partial charge on any atom is 0.318 e. The fourth-order valence-corrected chi connectivity index (χ4v) is 3.64.